The van der Waals surface area contributed by atoms with Crippen LogP contribution in [-0.2, 0) is 11.3 Å². The van der Waals surface area contributed by atoms with Crippen molar-refractivity contribution in [1.29, 1.82) is 0 Å². The molecule has 100 valence electrons. The minimum absolute atomic E-state index is 0.111. The van der Waals surface area contributed by atoms with E-state index in [1.807, 2.05) is 0 Å². The number of aromatic amines is 1. The Morgan fingerprint density at radius 2 is 2.11 bits per heavy atom. The molecule has 0 unspecified atom stereocenters. The largest absolute Gasteiger partial charge is 0.481 e. The number of nitrogens with one attached hydrogen (secondary N) is 3. The van der Waals surface area contributed by atoms with E-state index in [-0.39, 0.29) is 23.9 Å². The highest BCUT2D eigenvalue weighted by Gasteiger charge is 2.02. The molecule has 8 heteroatoms. The topological polar surface area (TPSA) is 111 Å². The van der Waals surface area contributed by atoms with E-state index in [9.17, 15) is 14.4 Å². The molecule has 0 spiro atoms. The number of aromatic nitrogens is 1. The van der Waals surface area contributed by atoms with Gasteiger partial charge in [0.25, 0.3) is 0 Å². The highest BCUT2D eigenvalue weighted by molar-refractivity contribution is 7.07. The molecule has 0 saturated heterocycles. The highest BCUT2D eigenvalue weighted by atomic mass is 32.1. The van der Waals surface area contributed by atoms with Gasteiger partial charge in [-0.25, -0.2) is 4.79 Å². The number of rotatable bonds is 7. The van der Waals surface area contributed by atoms with Gasteiger partial charge in [-0.3, -0.25) is 9.59 Å². The van der Waals surface area contributed by atoms with Crippen molar-refractivity contribution in [2.45, 2.75) is 25.8 Å². The van der Waals surface area contributed by atoms with Gasteiger partial charge in [-0.1, -0.05) is 11.3 Å². The van der Waals surface area contributed by atoms with Crippen LogP contribution in [0.15, 0.2) is 10.2 Å². The number of carbonyl (C=O) groups excluding carboxylic acids is 1. The molecule has 0 aromatic carbocycles. The first-order chi connectivity index (χ1) is 8.58. The number of amides is 2. The molecule has 0 aliphatic rings. The minimum atomic E-state index is -0.833. The van der Waals surface area contributed by atoms with Crippen molar-refractivity contribution in [2.75, 3.05) is 6.54 Å². The van der Waals surface area contributed by atoms with Gasteiger partial charge in [0.05, 0.1) is 6.54 Å². The lowest BCUT2D eigenvalue weighted by Gasteiger charge is -2.05. The lowest BCUT2D eigenvalue weighted by atomic mass is 10.2. The van der Waals surface area contributed by atoms with E-state index >= 15 is 0 Å². The average molecular weight is 273 g/mol. The minimum Gasteiger partial charge on any atom is -0.481 e. The number of urea groups is 1. The third-order valence-corrected chi connectivity index (χ3v) is 2.83. The molecule has 0 aliphatic heterocycles. The normalized spacial score (nSPS) is 10.0. The third-order valence-electron chi connectivity index (χ3n) is 2.11. The van der Waals surface area contributed by atoms with Crippen molar-refractivity contribution in [3.05, 3.63) is 20.7 Å². The van der Waals surface area contributed by atoms with Gasteiger partial charge >= 0.3 is 16.9 Å². The fraction of sp³-hybridized carbons (Fsp3) is 0.500. The Kier molecular flexibility index (Phi) is 5.92. The fourth-order valence-electron chi connectivity index (χ4n) is 1.24. The summed E-state index contributed by atoms with van der Waals surface area (Å²) in [4.78, 5) is 34.8. The Bertz CT molecular complexity index is 454. The Hall–Kier alpha value is -1.83. The van der Waals surface area contributed by atoms with Crippen molar-refractivity contribution < 1.29 is 14.7 Å². The first-order valence-corrected chi connectivity index (χ1v) is 6.36. The maximum atomic E-state index is 11.3. The Labute approximate surface area is 107 Å². The van der Waals surface area contributed by atoms with Gasteiger partial charge in [-0.05, 0) is 12.8 Å². The van der Waals surface area contributed by atoms with Crippen LogP contribution in [0, 0.1) is 0 Å². The number of H-pyrrole nitrogens is 1. The Morgan fingerprint density at radius 3 is 2.72 bits per heavy atom. The number of unbranched alkanes of at least 4 members (excludes halogenated alkanes) is 1. The molecule has 1 rings (SSSR count). The summed E-state index contributed by atoms with van der Waals surface area (Å²) in [5.41, 5.74) is 0.658. The van der Waals surface area contributed by atoms with Crippen LogP contribution in [0.25, 0.3) is 0 Å². The molecule has 18 heavy (non-hydrogen) atoms. The van der Waals surface area contributed by atoms with Crippen molar-refractivity contribution in [2.24, 2.45) is 0 Å². The summed E-state index contributed by atoms with van der Waals surface area (Å²) in [5.74, 6) is -0.833. The second-order valence-corrected chi connectivity index (χ2v) is 4.48. The molecule has 1 aromatic heterocycles. The molecule has 0 bridgehead atoms. The maximum Gasteiger partial charge on any atom is 0.315 e. The number of hydrogen-bond acceptors (Lipinski definition) is 4. The van der Waals surface area contributed by atoms with Crippen molar-refractivity contribution >= 4 is 23.3 Å². The van der Waals surface area contributed by atoms with Gasteiger partial charge in [0, 0.05) is 24.0 Å². The zero-order chi connectivity index (χ0) is 13.4. The molecule has 0 fully saturated rings. The molecule has 1 aromatic rings. The number of aliphatic carboxylic acids is 1. The molecule has 0 aliphatic carbocycles. The van der Waals surface area contributed by atoms with Crippen LogP contribution >= 0.6 is 11.3 Å². The monoisotopic (exact) mass is 273 g/mol. The van der Waals surface area contributed by atoms with E-state index in [2.05, 4.69) is 15.6 Å². The van der Waals surface area contributed by atoms with E-state index in [1.54, 1.807) is 5.38 Å². The average Bonchev–Trinajstić information content (AvgIpc) is 2.71. The van der Waals surface area contributed by atoms with Crippen molar-refractivity contribution in [1.82, 2.24) is 15.6 Å². The lowest BCUT2D eigenvalue weighted by molar-refractivity contribution is -0.137. The van der Waals surface area contributed by atoms with Gasteiger partial charge in [-0.15, -0.1) is 0 Å². The predicted molar refractivity (Wildman–Crippen MR) is 66.7 cm³/mol. The van der Waals surface area contributed by atoms with Gasteiger partial charge < -0.3 is 20.7 Å². The Morgan fingerprint density at radius 1 is 1.33 bits per heavy atom. The molecule has 7 nitrogen and oxygen atoms in total. The lowest BCUT2D eigenvalue weighted by Crippen LogP contribution is -2.35. The van der Waals surface area contributed by atoms with Crippen LogP contribution in [-0.4, -0.2) is 28.6 Å². The summed E-state index contributed by atoms with van der Waals surface area (Å²) in [6.45, 7) is 0.693. The van der Waals surface area contributed by atoms with E-state index in [0.29, 0.717) is 25.1 Å². The second kappa shape index (κ2) is 7.49. The first kappa shape index (κ1) is 14.2. The SMILES string of the molecule is O=C(O)CCCCNC(=O)NCc1csc(=O)[nH]1. The molecule has 2 amide bonds. The molecule has 0 saturated carbocycles. The molecule has 0 radical (unpaired) electrons. The van der Waals surface area contributed by atoms with Gasteiger partial charge in [-0.2, -0.15) is 0 Å². The molecule has 0 atom stereocenters. The number of carboxylic acids is 1. The number of carboxylic acid groups (broad SMARTS) is 1. The zero-order valence-corrected chi connectivity index (χ0v) is 10.5. The molecular formula is C10H15N3O4S. The smallest absolute Gasteiger partial charge is 0.315 e. The van der Waals surface area contributed by atoms with Gasteiger partial charge in [0.15, 0.2) is 0 Å². The standard InChI is InChI=1S/C10H15N3O4S/c14-8(15)3-1-2-4-11-9(16)12-5-7-6-18-10(17)13-7/h6H,1-5H2,(H,13,17)(H,14,15)(H2,11,12,16). The summed E-state index contributed by atoms with van der Waals surface area (Å²) in [6.07, 6.45) is 1.27. The summed E-state index contributed by atoms with van der Waals surface area (Å²) >= 11 is 1.04. The van der Waals surface area contributed by atoms with E-state index in [1.165, 1.54) is 0 Å². The van der Waals surface area contributed by atoms with Crippen molar-refractivity contribution in [3.8, 4) is 0 Å². The summed E-state index contributed by atoms with van der Waals surface area (Å²) in [5, 5.41) is 15.2. The quantitative estimate of drug-likeness (QED) is 0.542. The second-order valence-electron chi connectivity index (χ2n) is 3.63. The third kappa shape index (κ3) is 6.04. The van der Waals surface area contributed by atoms with E-state index in [4.69, 9.17) is 5.11 Å². The van der Waals surface area contributed by atoms with E-state index in [0.717, 1.165) is 11.3 Å². The molecule has 1 heterocycles. The van der Waals surface area contributed by atoms with Crippen LogP contribution in [0.3, 0.4) is 0 Å². The van der Waals surface area contributed by atoms with Crippen LogP contribution in [0.2, 0.25) is 0 Å². The summed E-state index contributed by atoms with van der Waals surface area (Å²) < 4.78 is 0. The van der Waals surface area contributed by atoms with Crippen LogP contribution in [0.4, 0.5) is 4.79 Å². The van der Waals surface area contributed by atoms with E-state index < -0.39 is 5.97 Å². The maximum absolute atomic E-state index is 11.3. The molecular weight excluding hydrogens is 258 g/mol. The predicted octanol–water partition coefficient (Wildman–Crippen LogP) is 0.491. The fourth-order valence-corrected chi connectivity index (χ4v) is 1.82. The summed E-state index contributed by atoms with van der Waals surface area (Å²) in [7, 11) is 0. The number of thiazole rings is 1. The van der Waals surface area contributed by atoms with Gasteiger partial charge in [0.1, 0.15) is 0 Å². The summed E-state index contributed by atoms with van der Waals surface area (Å²) in [6, 6.07) is -0.336. The van der Waals surface area contributed by atoms with Crippen LogP contribution < -0.4 is 15.5 Å². The van der Waals surface area contributed by atoms with Crippen LogP contribution in [0.1, 0.15) is 25.0 Å². The van der Waals surface area contributed by atoms with Crippen molar-refractivity contribution in [3.63, 3.8) is 0 Å². The first-order valence-electron chi connectivity index (χ1n) is 5.48. The van der Waals surface area contributed by atoms with Gasteiger partial charge in [0.2, 0.25) is 0 Å². The number of carbonyl (C=O) groups is 2. The zero-order valence-electron chi connectivity index (χ0n) is 9.69. The Balaban J connectivity index is 2.07. The molecule has 4 N–H and O–H groups in total. The van der Waals surface area contributed by atoms with Crippen LogP contribution in [0.5, 0.6) is 0 Å². The number of hydrogen-bond donors (Lipinski definition) is 4. The highest BCUT2D eigenvalue weighted by Crippen LogP contribution is 1.95.